The van der Waals surface area contributed by atoms with Crippen molar-refractivity contribution in [1.29, 1.82) is 0 Å². The first-order valence-corrected chi connectivity index (χ1v) is 7.43. The van der Waals surface area contributed by atoms with Gasteiger partial charge in [0, 0.05) is 0 Å². The summed E-state index contributed by atoms with van der Waals surface area (Å²) in [5.74, 6) is 0.0784. The Labute approximate surface area is 124 Å². The van der Waals surface area contributed by atoms with E-state index >= 15 is 0 Å². The molecule has 0 aromatic heterocycles. The van der Waals surface area contributed by atoms with Gasteiger partial charge in [-0.2, -0.15) is 0 Å². The minimum atomic E-state index is -0.335. The molecular formula is C15H19ClN2O2. The number of benzene rings is 1. The lowest BCUT2D eigenvalue weighted by Gasteiger charge is -2.22. The summed E-state index contributed by atoms with van der Waals surface area (Å²) in [6, 6.07) is 7.02. The molecule has 0 unspecified atom stereocenters. The molecule has 0 amide bonds. The van der Waals surface area contributed by atoms with Gasteiger partial charge in [0.1, 0.15) is 11.9 Å². The number of amidine groups is 1. The van der Waals surface area contributed by atoms with Gasteiger partial charge in [0.05, 0.1) is 17.1 Å². The first-order chi connectivity index (χ1) is 9.70. The molecule has 20 heavy (non-hydrogen) atoms. The monoisotopic (exact) mass is 294 g/mol. The number of nitrogens with zero attached hydrogens (tertiary/aromatic N) is 1. The number of hydrogen-bond acceptors (Lipinski definition) is 3. The third-order valence-electron chi connectivity index (χ3n) is 3.35. The molecule has 1 aromatic carbocycles. The number of hydrogen-bond donors (Lipinski definition) is 1. The highest BCUT2D eigenvalue weighted by Gasteiger charge is 2.20. The number of ether oxygens (including phenoxy) is 1. The lowest BCUT2D eigenvalue weighted by molar-refractivity contribution is 0.0212. The molecule has 0 bridgehead atoms. The van der Waals surface area contributed by atoms with Crippen LogP contribution in [-0.2, 0) is 4.74 Å². The Morgan fingerprint density at radius 1 is 1.30 bits per heavy atom. The van der Waals surface area contributed by atoms with Gasteiger partial charge in [0.25, 0.3) is 0 Å². The molecular weight excluding hydrogens is 276 g/mol. The van der Waals surface area contributed by atoms with E-state index in [9.17, 15) is 4.79 Å². The van der Waals surface area contributed by atoms with E-state index in [4.69, 9.17) is 22.1 Å². The summed E-state index contributed by atoms with van der Waals surface area (Å²) in [5, 5.41) is 0. The summed E-state index contributed by atoms with van der Waals surface area (Å²) in [6.45, 7) is 0. The van der Waals surface area contributed by atoms with Crippen LogP contribution in [0.4, 0.5) is 5.69 Å². The van der Waals surface area contributed by atoms with Crippen LogP contribution in [0.3, 0.4) is 0 Å². The van der Waals surface area contributed by atoms with Crippen LogP contribution in [0.25, 0.3) is 0 Å². The summed E-state index contributed by atoms with van der Waals surface area (Å²) in [6.07, 6.45) is 5.38. The van der Waals surface area contributed by atoms with Gasteiger partial charge in [-0.05, 0) is 37.8 Å². The summed E-state index contributed by atoms with van der Waals surface area (Å²) in [7, 11) is 0. The average molecular weight is 295 g/mol. The van der Waals surface area contributed by atoms with Gasteiger partial charge in [-0.25, -0.2) is 9.79 Å². The molecule has 1 aromatic rings. The number of nitrogens with two attached hydrogens (primary N) is 1. The van der Waals surface area contributed by atoms with Gasteiger partial charge in [-0.3, -0.25) is 0 Å². The molecule has 2 N–H and O–H groups in total. The summed E-state index contributed by atoms with van der Waals surface area (Å²) >= 11 is 5.62. The lowest BCUT2D eigenvalue weighted by Crippen LogP contribution is -2.21. The summed E-state index contributed by atoms with van der Waals surface area (Å²) in [5.41, 5.74) is 6.57. The summed E-state index contributed by atoms with van der Waals surface area (Å²) in [4.78, 5) is 16.4. The lowest BCUT2D eigenvalue weighted by atomic mass is 9.98. The maximum atomic E-state index is 12.2. The average Bonchev–Trinajstić information content (AvgIpc) is 2.48. The second-order valence-electron chi connectivity index (χ2n) is 4.92. The van der Waals surface area contributed by atoms with E-state index in [0.717, 1.165) is 25.7 Å². The van der Waals surface area contributed by atoms with Crippen LogP contribution >= 0.6 is 11.6 Å². The van der Waals surface area contributed by atoms with Gasteiger partial charge in [0.2, 0.25) is 0 Å². The Morgan fingerprint density at radius 2 is 2.00 bits per heavy atom. The molecule has 0 aliphatic heterocycles. The second kappa shape index (κ2) is 7.29. The number of rotatable bonds is 4. The van der Waals surface area contributed by atoms with E-state index in [1.54, 1.807) is 24.3 Å². The minimum absolute atomic E-state index is 0.0265. The maximum Gasteiger partial charge on any atom is 0.340 e. The van der Waals surface area contributed by atoms with Crippen LogP contribution < -0.4 is 5.73 Å². The molecule has 0 spiro atoms. The van der Waals surface area contributed by atoms with E-state index in [-0.39, 0.29) is 23.8 Å². The number of esters is 1. The third-order valence-corrected chi connectivity index (χ3v) is 3.62. The third kappa shape index (κ3) is 3.97. The molecule has 5 heteroatoms. The Kier molecular flexibility index (Phi) is 5.41. The topological polar surface area (TPSA) is 64.7 Å². The first-order valence-electron chi connectivity index (χ1n) is 6.89. The highest BCUT2D eigenvalue weighted by molar-refractivity contribution is 6.28. The van der Waals surface area contributed by atoms with Gasteiger partial charge in [-0.15, -0.1) is 11.6 Å². The van der Waals surface area contributed by atoms with Crippen LogP contribution in [0.15, 0.2) is 29.3 Å². The SMILES string of the molecule is NC(CCl)=Nc1ccccc1C(=O)OC1CCCCC1. The number of carbonyl (C=O) groups excluding carboxylic acids is 1. The normalized spacial score (nSPS) is 16.9. The maximum absolute atomic E-state index is 12.2. The number of aliphatic imine (C=N–C) groups is 1. The van der Waals surface area contributed by atoms with E-state index in [1.807, 2.05) is 0 Å². The standard InChI is InChI=1S/C15H19ClN2O2/c16-10-14(17)18-13-9-5-4-8-12(13)15(19)20-11-6-2-1-3-7-11/h4-5,8-9,11H,1-3,6-7,10H2,(H2,17,18). The molecule has 2 rings (SSSR count). The van der Waals surface area contributed by atoms with E-state index in [0.29, 0.717) is 11.3 Å². The Bertz CT molecular complexity index is 496. The van der Waals surface area contributed by atoms with Gasteiger partial charge >= 0.3 is 5.97 Å². The quantitative estimate of drug-likeness (QED) is 0.400. The van der Waals surface area contributed by atoms with Crippen molar-refractivity contribution in [3.63, 3.8) is 0 Å². The van der Waals surface area contributed by atoms with Gasteiger partial charge in [-0.1, -0.05) is 18.6 Å². The highest BCUT2D eigenvalue weighted by atomic mass is 35.5. The molecule has 108 valence electrons. The Morgan fingerprint density at radius 3 is 2.70 bits per heavy atom. The molecule has 0 radical (unpaired) electrons. The second-order valence-corrected chi connectivity index (χ2v) is 5.19. The highest BCUT2D eigenvalue weighted by Crippen LogP contribution is 2.24. The number of alkyl halides is 1. The molecule has 4 nitrogen and oxygen atoms in total. The number of carbonyl (C=O) groups is 1. The van der Waals surface area contributed by atoms with Crippen molar-refractivity contribution in [2.75, 3.05) is 5.88 Å². The molecule has 0 saturated heterocycles. The Balaban J connectivity index is 2.12. The molecule has 0 atom stereocenters. The number of halogens is 1. The van der Waals surface area contributed by atoms with Gasteiger partial charge in [0.15, 0.2) is 0 Å². The smallest absolute Gasteiger partial charge is 0.340 e. The summed E-state index contributed by atoms with van der Waals surface area (Å²) < 4.78 is 5.55. The van der Waals surface area contributed by atoms with Crippen molar-refractivity contribution in [2.24, 2.45) is 10.7 Å². The fourth-order valence-electron chi connectivity index (χ4n) is 2.33. The number of para-hydroxylation sites is 1. The predicted molar refractivity (Wildman–Crippen MR) is 80.7 cm³/mol. The molecule has 1 aliphatic rings. The van der Waals surface area contributed by atoms with Crippen LogP contribution in [0.5, 0.6) is 0 Å². The van der Waals surface area contributed by atoms with E-state index < -0.39 is 0 Å². The molecule has 1 saturated carbocycles. The van der Waals surface area contributed by atoms with Crippen LogP contribution in [0.1, 0.15) is 42.5 Å². The van der Waals surface area contributed by atoms with Crippen molar-refractivity contribution in [2.45, 2.75) is 38.2 Å². The largest absolute Gasteiger partial charge is 0.459 e. The van der Waals surface area contributed by atoms with Crippen molar-refractivity contribution < 1.29 is 9.53 Å². The van der Waals surface area contributed by atoms with E-state index in [2.05, 4.69) is 4.99 Å². The molecule has 1 fully saturated rings. The van der Waals surface area contributed by atoms with Crippen molar-refractivity contribution in [3.8, 4) is 0 Å². The van der Waals surface area contributed by atoms with E-state index in [1.165, 1.54) is 6.42 Å². The Hall–Kier alpha value is -1.55. The first kappa shape index (κ1) is 14.9. The van der Waals surface area contributed by atoms with Crippen molar-refractivity contribution in [1.82, 2.24) is 0 Å². The van der Waals surface area contributed by atoms with Crippen molar-refractivity contribution >= 4 is 29.1 Å². The van der Waals surface area contributed by atoms with Crippen LogP contribution in [0, 0.1) is 0 Å². The van der Waals surface area contributed by atoms with Gasteiger partial charge < -0.3 is 10.5 Å². The fourth-order valence-corrected chi connectivity index (χ4v) is 2.39. The zero-order valence-electron chi connectivity index (χ0n) is 11.3. The van der Waals surface area contributed by atoms with Crippen molar-refractivity contribution in [3.05, 3.63) is 29.8 Å². The van der Waals surface area contributed by atoms with Crippen LogP contribution in [0.2, 0.25) is 0 Å². The molecule has 0 heterocycles. The van der Waals surface area contributed by atoms with Crippen LogP contribution in [-0.4, -0.2) is 23.8 Å². The predicted octanol–water partition coefficient (Wildman–Crippen LogP) is 3.40. The zero-order valence-corrected chi connectivity index (χ0v) is 12.1. The fraction of sp³-hybridized carbons (Fsp3) is 0.467. The molecule has 1 aliphatic carbocycles. The zero-order chi connectivity index (χ0) is 14.4. The minimum Gasteiger partial charge on any atom is -0.459 e.